The van der Waals surface area contributed by atoms with Gasteiger partial charge in [-0.15, -0.1) is 0 Å². The molecule has 1 aliphatic carbocycles. The van der Waals surface area contributed by atoms with Crippen molar-refractivity contribution in [1.82, 2.24) is 0 Å². The Labute approximate surface area is 119 Å². The first-order valence-corrected chi connectivity index (χ1v) is 8.57. The fraction of sp³-hybridized carbons (Fsp3) is 0.857. The van der Waals surface area contributed by atoms with Crippen molar-refractivity contribution in [2.45, 2.75) is 52.2 Å². The second kappa shape index (κ2) is 7.59. The van der Waals surface area contributed by atoms with Gasteiger partial charge in [-0.3, -0.25) is 9.59 Å². The highest BCUT2D eigenvalue weighted by Gasteiger charge is 2.31. The third-order valence-corrected chi connectivity index (χ3v) is 6.22. The Morgan fingerprint density at radius 1 is 1.22 bits per heavy atom. The molecule has 4 heteroatoms. The van der Waals surface area contributed by atoms with Crippen LogP contribution in [0, 0.1) is 17.8 Å². The van der Waals surface area contributed by atoms with Crippen molar-refractivity contribution in [3.8, 4) is 0 Å². The van der Waals surface area contributed by atoms with Gasteiger partial charge in [-0.1, -0.05) is 37.4 Å². The van der Waals surface area contributed by atoms with E-state index in [2.05, 4.69) is 13.8 Å². The van der Waals surface area contributed by atoms with E-state index in [4.69, 9.17) is 0 Å². The second-order valence-electron chi connectivity index (χ2n) is 5.48. The van der Waals surface area contributed by atoms with E-state index in [0.29, 0.717) is 23.0 Å². The molecule has 1 rings (SSSR count). The molecule has 0 aromatic heterocycles. The van der Waals surface area contributed by atoms with Gasteiger partial charge in [0.1, 0.15) is 0 Å². The number of carbonyl (C=O) groups is 2. The van der Waals surface area contributed by atoms with Gasteiger partial charge in [0.15, 0.2) is 10.2 Å². The Kier molecular flexibility index (Phi) is 6.78. The van der Waals surface area contributed by atoms with Crippen LogP contribution in [0.25, 0.3) is 0 Å². The molecule has 0 spiro atoms. The summed E-state index contributed by atoms with van der Waals surface area (Å²) in [6.07, 6.45) is 3.59. The third kappa shape index (κ3) is 5.35. The lowest BCUT2D eigenvalue weighted by Crippen LogP contribution is -2.30. The summed E-state index contributed by atoms with van der Waals surface area (Å²) >= 11 is 2.95. The van der Waals surface area contributed by atoms with Crippen molar-refractivity contribution in [1.29, 1.82) is 0 Å². The van der Waals surface area contributed by atoms with E-state index < -0.39 is 0 Å². The molecule has 104 valence electrons. The van der Waals surface area contributed by atoms with Crippen LogP contribution in [0.5, 0.6) is 0 Å². The average molecular weight is 288 g/mol. The monoisotopic (exact) mass is 288 g/mol. The molecule has 0 radical (unpaired) electrons. The van der Waals surface area contributed by atoms with E-state index in [0.717, 1.165) is 12.2 Å². The molecule has 0 heterocycles. The molecule has 0 aromatic rings. The molecule has 0 bridgehead atoms. The van der Waals surface area contributed by atoms with Crippen molar-refractivity contribution in [2.75, 3.05) is 5.75 Å². The van der Waals surface area contributed by atoms with Crippen LogP contribution >= 0.6 is 23.5 Å². The normalized spacial score (nSPS) is 29.9. The number of thioether (sulfide) groups is 2. The Morgan fingerprint density at radius 3 is 2.44 bits per heavy atom. The first kappa shape index (κ1) is 16.1. The number of carbonyl (C=O) groups excluding carboxylic acids is 2. The molecule has 0 aromatic carbocycles. The summed E-state index contributed by atoms with van der Waals surface area (Å²) in [5, 5.41) is 0.921. The van der Waals surface area contributed by atoms with Crippen molar-refractivity contribution in [3.05, 3.63) is 0 Å². The minimum Gasteiger partial charge on any atom is -0.288 e. The average Bonchev–Trinajstić information content (AvgIpc) is 2.28. The Hall–Kier alpha value is 0.0400. The summed E-state index contributed by atoms with van der Waals surface area (Å²) in [5.74, 6) is 2.81. The first-order chi connectivity index (χ1) is 8.40. The Morgan fingerprint density at radius 2 is 1.89 bits per heavy atom. The topological polar surface area (TPSA) is 34.1 Å². The SMILES string of the molecule is CC(=O)SC[C@H](C)[C@H]1CC[C@H](C)[C@@H](SC(C)=O)C1. The van der Waals surface area contributed by atoms with Gasteiger partial charge in [-0.05, 0) is 37.0 Å². The van der Waals surface area contributed by atoms with Crippen molar-refractivity contribution < 1.29 is 9.59 Å². The highest BCUT2D eigenvalue weighted by Crippen LogP contribution is 2.40. The zero-order chi connectivity index (χ0) is 13.7. The van der Waals surface area contributed by atoms with E-state index >= 15 is 0 Å². The molecule has 1 saturated carbocycles. The Bertz CT molecular complexity index is 304. The maximum absolute atomic E-state index is 11.3. The van der Waals surface area contributed by atoms with Crippen molar-refractivity contribution in [2.24, 2.45) is 17.8 Å². The van der Waals surface area contributed by atoms with E-state index in [1.54, 1.807) is 13.8 Å². The van der Waals surface area contributed by atoms with E-state index in [1.807, 2.05) is 0 Å². The zero-order valence-corrected chi connectivity index (χ0v) is 13.4. The lowest BCUT2D eigenvalue weighted by atomic mass is 9.77. The van der Waals surface area contributed by atoms with Crippen LogP contribution in [-0.2, 0) is 9.59 Å². The summed E-state index contributed by atoms with van der Waals surface area (Å²) in [5.41, 5.74) is 0. The highest BCUT2D eigenvalue weighted by atomic mass is 32.2. The smallest absolute Gasteiger partial charge is 0.186 e. The fourth-order valence-electron chi connectivity index (χ4n) is 2.59. The van der Waals surface area contributed by atoms with Gasteiger partial charge in [0.25, 0.3) is 0 Å². The van der Waals surface area contributed by atoms with Crippen LogP contribution in [0.1, 0.15) is 47.0 Å². The molecule has 0 aliphatic heterocycles. The standard InChI is InChI=1S/C14H24O2S2/c1-9-5-6-13(7-14(9)18-12(4)16)10(2)8-17-11(3)15/h9-10,13-14H,5-8H2,1-4H3/t9-,10-,13-,14-/m0/s1. The van der Waals surface area contributed by atoms with Gasteiger partial charge in [0.2, 0.25) is 0 Å². The molecule has 0 N–H and O–H groups in total. The quantitative estimate of drug-likeness (QED) is 0.783. The molecule has 4 atom stereocenters. The van der Waals surface area contributed by atoms with E-state index in [-0.39, 0.29) is 10.2 Å². The molecule has 18 heavy (non-hydrogen) atoms. The summed E-state index contributed by atoms with van der Waals surface area (Å²) in [4.78, 5) is 22.3. The van der Waals surface area contributed by atoms with Gasteiger partial charge < -0.3 is 0 Å². The highest BCUT2D eigenvalue weighted by molar-refractivity contribution is 8.14. The maximum atomic E-state index is 11.3. The number of rotatable bonds is 4. The molecule has 0 unspecified atom stereocenters. The lowest BCUT2D eigenvalue weighted by molar-refractivity contribution is -0.110. The van der Waals surface area contributed by atoms with Gasteiger partial charge in [0, 0.05) is 24.9 Å². The van der Waals surface area contributed by atoms with Crippen LogP contribution in [0.15, 0.2) is 0 Å². The largest absolute Gasteiger partial charge is 0.288 e. The minimum absolute atomic E-state index is 0.209. The summed E-state index contributed by atoms with van der Waals surface area (Å²) < 4.78 is 0. The number of hydrogen-bond donors (Lipinski definition) is 0. The summed E-state index contributed by atoms with van der Waals surface area (Å²) in [6.45, 7) is 7.79. The molecular weight excluding hydrogens is 264 g/mol. The van der Waals surface area contributed by atoms with Gasteiger partial charge >= 0.3 is 0 Å². The van der Waals surface area contributed by atoms with E-state index in [1.165, 1.54) is 36.4 Å². The van der Waals surface area contributed by atoms with Crippen molar-refractivity contribution in [3.63, 3.8) is 0 Å². The predicted molar refractivity (Wildman–Crippen MR) is 80.9 cm³/mol. The molecule has 1 fully saturated rings. The van der Waals surface area contributed by atoms with Gasteiger partial charge in [0.05, 0.1) is 0 Å². The van der Waals surface area contributed by atoms with Crippen LogP contribution in [-0.4, -0.2) is 21.2 Å². The molecule has 2 nitrogen and oxygen atoms in total. The minimum atomic E-state index is 0.209. The van der Waals surface area contributed by atoms with Crippen LogP contribution in [0.3, 0.4) is 0 Å². The fourth-order valence-corrected chi connectivity index (χ4v) is 4.50. The lowest BCUT2D eigenvalue weighted by Gasteiger charge is -2.36. The first-order valence-electron chi connectivity index (χ1n) is 6.70. The van der Waals surface area contributed by atoms with Crippen LogP contribution < -0.4 is 0 Å². The number of hydrogen-bond acceptors (Lipinski definition) is 4. The molecule has 1 aliphatic rings. The van der Waals surface area contributed by atoms with Gasteiger partial charge in [-0.2, -0.15) is 0 Å². The summed E-state index contributed by atoms with van der Waals surface area (Å²) in [7, 11) is 0. The Balaban J connectivity index is 2.47. The van der Waals surface area contributed by atoms with Crippen molar-refractivity contribution >= 4 is 33.8 Å². The zero-order valence-electron chi connectivity index (χ0n) is 11.8. The van der Waals surface area contributed by atoms with Crippen LogP contribution in [0.2, 0.25) is 0 Å². The van der Waals surface area contributed by atoms with Gasteiger partial charge in [-0.25, -0.2) is 0 Å². The molecule has 0 amide bonds. The predicted octanol–water partition coefficient (Wildman–Crippen LogP) is 3.99. The van der Waals surface area contributed by atoms with E-state index in [9.17, 15) is 9.59 Å². The maximum Gasteiger partial charge on any atom is 0.186 e. The molecule has 0 saturated heterocycles. The summed E-state index contributed by atoms with van der Waals surface area (Å²) in [6, 6.07) is 0. The third-order valence-electron chi connectivity index (χ3n) is 3.83. The van der Waals surface area contributed by atoms with Crippen LogP contribution in [0.4, 0.5) is 0 Å². The molecular formula is C14H24O2S2. The second-order valence-corrected chi connectivity index (χ2v) is 8.09.